The highest BCUT2D eigenvalue weighted by Gasteiger charge is 2.49. The SMILES string of the molecule is C=C/C=C\C(=C/N)c1ccc2c(c1)CN(C(=O)[C@@]1(C(C)C)CCC(NC3CCOCC3)C1)CC2. The van der Waals surface area contributed by atoms with E-state index in [2.05, 4.69) is 48.8 Å². The van der Waals surface area contributed by atoms with Crippen LogP contribution in [0.15, 0.2) is 49.2 Å². The Morgan fingerprint density at radius 1 is 1.24 bits per heavy atom. The molecule has 1 unspecified atom stereocenters. The number of benzene rings is 1. The van der Waals surface area contributed by atoms with Gasteiger partial charge in [0.05, 0.1) is 5.41 Å². The standard InChI is InChI=1S/C29H41N3O2/c1-4-5-6-24(19-30)23-8-7-22-10-14-32(20-25(22)17-23)28(33)29(21(2)3)13-9-27(18-29)31-26-11-15-34-16-12-26/h4-8,17,19,21,26-27,31H,1,9-16,18,20,30H2,2-3H3/b6-5-,24-19+/t27?,29-/m0/s1. The highest BCUT2D eigenvalue weighted by molar-refractivity contribution is 5.84. The van der Waals surface area contributed by atoms with Crippen molar-refractivity contribution in [2.45, 2.75) is 71.0 Å². The predicted molar refractivity (Wildman–Crippen MR) is 139 cm³/mol. The topological polar surface area (TPSA) is 67.6 Å². The average Bonchev–Trinajstić information content (AvgIpc) is 3.29. The number of amides is 1. The van der Waals surface area contributed by atoms with Crippen molar-refractivity contribution in [2.75, 3.05) is 19.8 Å². The maximum atomic E-state index is 14.1. The van der Waals surface area contributed by atoms with Crippen molar-refractivity contribution in [2.24, 2.45) is 17.1 Å². The Kier molecular flexibility index (Phi) is 7.95. The molecule has 0 aromatic heterocycles. The van der Waals surface area contributed by atoms with Crippen molar-refractivity contribution in [3.63, 3.8) is 0 Å². The van der Waals surface area contributed by atoms with Crippen LogP contribution in [0.2, 0.25) is 0 Å². The molecule has 2 atom stereocenters. The first-order valence-corrected chi connectivity index (χ1v) is 12.9. The van der Waals surface area contributed by atoms with Crippen LogP contribution < -0.4 is 11.1 Å². The minimum absolute atomic E-state index is 0.271. The Morgan fingerprint density at radius 3 is 2.74 bits per heavy atom. The van der Waals surface area contributed by atoms with Crippen molar-refractivity contribution in [3.05, 3.63) is 65.9 Å². The molecule has 1 aromatic carbocycles. The molecule has 1 saturated carbocycles. The van der Waals surface area contributed by atoms with Gasteiger partial charge in [-0.05, 0) is 72.8 Å². The van der Waals surface area contributed by atoms with Crippen LogP contribution in [0.1, 0.15) is 62.6 Å². The number of ether oxygens (including phenoxy) is 1. The maximum Gasteiger partial charge on any atom is 0.229 e. The number of hydrogen-bond donors (Lipinski definition) is 2. The highest BCUT2D eigenvalue weighted by atomic mass is 16.5. The van der Waals surface area contributed by atoms with Gasteiger partial charge in [0.2, 0.25) is 5.91 Å². The van der Waals surface area contributed by atoms with Crippen molar-refractivity contribution >= 4 is 11.5 Å². The summed E-state index contributed by atoms with van der Waals surface area (Å²) >= 11 is 0. The molecule has 1 aromatic rings. The van der Waals surface area contributed by atoms with Gasteiger partial charge in [0.15, 0.2) is 0 Å². The third-order valence-corrected chi connectivity index (χ3v) is 8.20. The number of allylic oxidation sites excluding steroid dienone is 4. The summed E-state index contributed by atoms with van der Waals surface area (Å²) in [5.74, 6) is 0.668. The fourth-order valence-electron chi connectivity index (χ4n) is 6.03. The van der Waals surface area contributed by atoms with Gasteiger partial charge in [-0.1, -0.05) is 50.8 Å². The summed E-state index contributed by atoms with van der Waals surface area (Å²) < 4.78 is 5.52. The molecule has 4 rings (SSSR count). The van der Waals surface area contributed by atoms with E-state index in [1.165, 1.54) is 11.1 Å². The van der Waals surface area contributed by atoms with E-state index < -0.39 is 0 Å². The van der Waals surface area contributed by atoms with Gasteiger partial charge < -0.3 is 20.7 Å². The van der Waals surface area contributed by atoms with Crippen LogP contribution in [-0.4, -0.2) is 42.6 Å². The van der Waals surface area contributed by atoms with Gasteiger partial charge >= 0.3 is 0 Å². The Balaban J connectivity index is 1.49. The number of nitrogens with two attached hydrogens (primary N) is 1. The number of carbonyl (C=O) groups is 1. The molecular formula is C29H41N3O2. The van der Waals surface area contributed by atoms with E-state index in [0.29, 0.717) is 30.5 Å². The van der Waals surface area contributed by atoms with E-state index in [4.69, 9.17) is 10.5 Å². The van der Waals surface area contributed by atoms with Crippen molar-refractivity contribution in [1.29, 1.82) is 0 Å². The summed E-state index contributed by atoms with van der Waals surface area (Å²) in [6, 6.07) is 7.47. The lowest BCUT2D eigenvalue weighted by Crippen LogP contribution is -2.48. The fraction of sp³-hybridized carbons (Fsp3) is 0.552. The van der Waals surface area contributed by atoms with E-state index in [1.54, 1.807) is 12.3 Å². The van der Waals surface area contributed by atoms with Crippen LogP contribution in [0.3, 0.4) is 0 Å². The zero-order valence-electron chi connectivity index (χ0n) is 20.9. The second kappa shape index (κ2) is 10.9. The summed E-state index contributed by atoms with van der Waals surface area (Å²) in [5.41, 5.74) is 10.2. The zero-order valence-corrected chi connectivity index (χ0v) is 20.9. The summed E-state index contributed by atoms with van der Waals surface area (Å²) in [7, 11) is 0. The van der Waals surface area contributed by atoms with Crippen LogP contribution in [0.4, 0.5) is 0 Å². The number of fused-ring (bicyclic) bond motifs is 1. The van der Waals surface area contributed by atoms with Crippen LogP contribution >= 0.6 is 0 Å². The molecule has 0 bridgehead atoms. The van der Waals surface area contributed by atoms with Crippen molar-refractivity contribution in [1.82, 2.24) is 10.2 Å². The van der Waals surface area contributed by atoms with E-state index in [-0.39, 0.29) is 5.41 Å². The molecule has 3 N–H and O–H groups in total. The molecule has 0 spiro atoms. The van der Waals surface area contributed by atoms with E-state index in [0.717, 1.165) is 69.4 Å². The number of carbonyl (C=O) groups excluding carboxylic acids is 1. The third kappa shape index (κ3) is 5.16. The van der Waals surface area contributed by atoms with E-state index >= 15 is 0 Å². The quantitative estimate of drug-likeness (QED) is 0.581. The summed E-state index contributed by atoms with van der Waals surface area (Å²) in [6.45, 7) is 11.4. The van der Waals surface area contributed by atoms with Gasteiger partial charge in [0.25, 0.3) is 0 Å². The lowest BCUT2D eigenvalue weighted by atomic mass is 9.73. The molecule has 1 saturated heterocycles. The van der Waals surface area contributed by atoms with Gasteiger partial charge in [-0.15, -0.1) is 0 Å². The molecule has 0 radical (unpaired) electrons. The Hall–Kier alpha value is -2.37. The second-order valence-electron chi connectivity index (χ2n) is 10.5. The zero-order chi connectivity index (χ0) is 24.1. The largest absolute Gasteiger partial charge is 0.404 e. The number of rotatable bonds is 7. The Morgan fingerprint density at radius 2 is 2.03 bits per heavy atom. The first-order valence-electron chi connectivity index (χ1n) is 12.9. The van der Waals surface area contributed by atoms with Crippen molar-refractivity contribution in [3.8, 4) is 0 Å². The molecule has 5 heteroatoms. The molecule has 2 aliphatic heterocycles. The number of nitrogens with one attached hydrogen (secondary N) is 1. The van der Waals surface area contributed by atoms with Gasteiger partial charge in [-0.3, -0.25) is 4.79 Å². The molecule has 2 fully saturated rings. The normalized spacial score (nSPS) is 26.3. The van der Waals surface area contributed by atoms with Gasteiger partial charge in [-0.25, -0.2) is 0 Å². The van der Waals surface area contributed by atoms with Gasteiger partial charge in [0.1, 0.15) is 0 Å². The fourth-order valence-corrected chi connectivity index (χ4v) is 6.03. The van der Waals surface area contributed by atoms with Crippen LogP contribution in [-0.2, 0) is 22.5 Å². The van der Waals surface area contributed by atoms with E-state index in [9.17, 15) is 4.79 Å². The summed E-state index contributed by atoms with van der Waals surface area (Å²) in [4.78, 5) is 16.2. The second-order valence-corrected chi connectivity index (χ2v) is 10.5. The molecule has 3 aliphatic rings. The lowest BCUT2D eigenvalue weighted by Gasteiger charge is -2.40. The molecule has 34 heavy (non-hydrogen) atoms. The van der Waals surface area contributed by atoms with E-state index in [1.807, 2.05) is 12.2 Å². The molecule has 2 heterocycles. The average molecular weight is 464 g/mol. The lowest BCUT2D eigenvalue weighted by molar-refractivity contribution is -0.145. The van der Waals surface area contributed by atoms with Gasteiger partial charge in [-0.2, -0.15) is 0 Å². The molecular weight excluding hydrogens is 422 g/mol. The molecule has 1 amide bonds. The van der Waals surface area contributed by atoms with Crippen LogP contribution in [0, 0.1) is 11.3 Å². The summed E-state index contributed by atoms with van der Waals surface area (Å²) in [6.07, 6.45) is 13.3. The molecule has 184 valence electrons. The Bertz CT molecular complexity index is 945. The smallest absolute Gasteiger partial charge is 0.229 e. The number of hydrogen-bond acceptors (Lipinski definition) is 4. The first kappa shape index (κ1) is 24.7. The Labute approximate surface area is 205 Å². The minimum Gasteiger partial charge on any atom is -0.404 e. The highest BCUT2D eigenvalue weighted by Crippen LogP contribution is 2.46. The van der Waals surface area contributed by atoms with Gasteiger partial charge in [0, 0.05) is 44.6 Å². The molecule has 5 nitrogen and oxygen atoms in total. The van der Waals surface area contributed by atoms with Crippen LogP contribution in [0.5, 0.6) is 0 Å². The monoisotopic (exact) mass is 463 g/mol. The molecule has 1 aliphatic carbocycles. The van der Waals surface area contributed by atoms with Crippen molar-refractivity contribution < 1.29 is 9.53 Å². The number of nitrogens with zero attached hydrogens (tertiary/aromatic N) is 1. The maximum absolute atomic E-state index is 14.1. The van der Waals surface area contributed by atoms with Crippen LogP contribution in [0.25, 0.3) is 5.57 Å². The summed E-state index contributed by atoms with van der Waals surface area (Å²) in [5, 5.41) is 3.86. The third-order valence-electron chi connectivity index (χ3n) is 8.20. The predicted octanol–water partition coefficient (Wildman–Crippen LogP) is 4.58. The minimum atomic E-state index is -0.271. The first-order chi connectivity index (χ1) is 16.5.